The molecule has 2 aliphatic rings. The lowest BCUT2D eigenvalue weighted by atomic mass is 9.85. The minimum absolute atomic E-state index is 0.238. The first-order chi connectivity index (χ1) is 7.06. The van der Waals surface area contributed by atoms with E-state index in [0.29, 0.717) is 0 Å². The number of allylic oxidation sites excluding steroid dienone is 2. The Hall–Kier alpha value is -1.32. The summed E-state index contributed by atoms with van der Waals surface area (Å²) in [4.78, 5) is 22.2. The number of hydrogen-bond donors (Lipinski definition) is 2. The molecule has 0 heterocycles. The first-order valence-electron chi connectivity index (χ1n) is 5.18. The first-order valence-corrected chi connectivity index (χ1v) is 5.18. The molecule has 4 heteroatoms. The highest BCUT2D eigenvalue weighted by molar-refractivity contribution is 5.98. The van der Waals surface area contributed by atoms with Crippen LogP contribution in [0.5, 0.6) is 0 Å². The summed E-state index contributed by atoms with van der Waals surface area (Å²) < 4.78 is 0. The number of rotatable bonds is 2. The van der Waals surface area contributed by atoms with E-state index in [2.05, 4.69) is 0 Å². The van der Waals surface area contributed by atoms with Gasteiger partial charge in [-0.05, 0) is 37.5 Å². The summed E-state index contributed by atoms with van der Waals surface area (Å²) in [5.74, 6) is -1.88. The van der Waals surface area contributed by atoms with Crippen LogP contribution in [0, 0.1) is 17.3 Å². The Morgan fingerprint density at radius 3 is 1.73 bits per heavy atom. The molecule has 2 N–H and O–H groups in total. The maximum Gasteiger partial charge on any atom is 0.321 e. The van der Waals surface area contributed by atoms with Gasteiger partial charge in [0.05, 0.1) is 0 Å². The Morgan fingerprint density at radius 2 is 1.40 bits per heavy atom. The Kier molecular flexibility index (Phi) is 2.29. The molecule has 0 aromatic carbocycles. The molecule has 0 bridgehead atoms. The van der Waals surface area contributed by atoms with Crippen molar-refractivity contribution >= 4 is 11.9 Å². The van der Waals surface area contributed by atoms with Crippen LogP contribution >= 0.6 is 0 Å². The predicted molar refractivity (Wildman–Crippen MR) is 52.3 cm³/mol. The van der Waals surface area contributed by atoms with Crippen molar-refractivity contribution in [3.8, 4) is 0 Å². The smallest absolute Gasteiger partial charge is 0.321 e. The second-order valence-electron chi connectivity index (χ2n) is 4.56. The third-order valence-corrected chi connectivity index (χ3v) is 3.75. The fourth-order valence-electron chi connectivity index (χ4n) is 2.85. The fraction of sp³-hybridized carbons (Fsp3) is 0.636. The van der Waals surface area contributed by atoms with E-state index in [1.54, 1.807) is 0 Å². The second-order valence-corrected chi connectivity index (χ2v) is 4.56. The largest absolute Gasteiger partial charge is 0.480 e. The molecular formula is C11H14O4. The molecule has 0 saturated heterocycles. The molecule has 1 saturated carbocycles. The number of fused-ring (bicyclic) bond motifs is 1. The highest BCUT2D eigenvalue weighted by Gasteiger charge is 2.55. The summed E-state index contributed by atoms with van der Waals surface area (Å²) in [5, 5.41) is 18.2. The lowest BCUT2D eigenvalue weighted by Crippen LogP contribution is -2.37. The van der Waals surface area contributed by atoms with Gasteiger partial charge in [0, 0.05) is 0 Å². The van der Waals surface area contributed by atoms with Crippen LogP contribution in [0.2, 0.25) is 0 Å². The molecule has 1 fully saturated rings. The van der Waals surface area contributed by atoms with Crippen molar-refractivity contribution < 1.29 is 19.8 Å². The van der Waals surface area contributed by atoms with E-state index < -0.39 is 17.4 Å². The van der Waals surface area contributed by atoms with E-state index in [1.165, 1.54) is 0 Å². The summed E-state index contributed by atoms with van der Waals surface area (Å²) in [6, 6.07) is 0. The maximum absolute atomic E-state index is 11.1. The normalized spacial score (nSPS) is 32.3. The van der Waals surface area contributed by atoms with Gasteiger partial charge < -0.3 is 10.2 Å². The van der Waals surface area contributed by atoms with Gasteiger partial charge in [-0.25, -0.2) is 0 Å². The van der Waals surface area contributed by atoms with Crippen molar-refractivity contribution in [2.75, 3.05) is 0 Å². The average Bonchev–Trinajstić information content (AvgIpc) is 2.57. The standard InChI is InChI=1S/C11H14O4/c12-9(13)11(10(14)15)5-7-3-1-2-4-8(7)6-11/h1-2,7-8H,3-6H2,(H,12,13)(H,14,15)/t7-,8+. The van der Waals surface area contributed by atoms with Crippen LogP contribution in [0.4, 0.5) is 0 Å². The molecule has 0 aromatic rings. The molecule has 0 aromatic heterocycles. The lowest BCUT2D eigenvalue weighted by molar-refractivity contribution is -0.164. The van der Waals surface area contributed by atoms with Crippen LogP contribution in [-0.2, 0) is 9.59 Å². The molecule has 15 heavy (non-hydrogen) atoms. The first kappa shape index (κ1) is 10.2. The van der Waals surface area contributed by atoms with Crippen molar-refractivity contribution in [3.63, 3.8) is 0 Å². The third kappa shape index (κ3) is 1.44. The average molecular weight is 210 g/mol. The summed E-state index contributed by atoms with van der Waals surface area (Å²) in [6.07, 6.45) is 6.28. The molecule has 0 radical (unpaired) electrons. The molecular weight excluding hydrogens is 196 g/mol. The molecule has 82 valence electrons. The van der Waals surface area contributed by atoms with Crippen LogP contribution in [0.1, 0.15) is 25.7 Å². The molecule has 4 nitrogen and oxygen atoms in total. The molecule has 2 rings (SSSR count). The summed E-state index contributed by atoms with van der Waals surface area (Å²) in [5.41, 5.74) is -1.53. The second kappa shape index (κ2) is 3.36. The van der Waals surface area contributed by atoms with Crippen LogP contribution in [-0.4, -0.2) is 22.2 Å². The summed E-state index contributed by atoms with van der Waals surface area (Å²) >= 11 is 0. The fourth-order valence-corrected chi connectivity index (χ4v) is 2.85. The van der Waals surface area contributed by atoms with E-state index in [-0.39, 0.29) is 24.7 Å². The van der Waals surface area contributed by atoms with Crippen molar-refractivity contribution in [2.45, 2.75) is 25.7 Å². The minimum atomic E-state index is -1.53. The van der Waals surface area contributed by atoms with Gasteiger partial charge in [-0.15, -0.1) is 0 Å². The predicted octanol–water partition coefficient (Wildman–Crippen LogP) is 1.52. The van der Waals surface area contributed by atoms with E-state index in [4.69, 9.17) is 10.2 Å². The van der Waals surface area contributed by atoms with Gasteiger partial charge in [0.15, 0.2) is 5.41 Å². The van der Waals surface area contributed by atoms with Crippen molar-refractivity contribution in [1.82, 2.24) is 0 Å². The van der Waals surface area contributed by atoms with Crippen molar-refractivity contribution in [3.05, 3.63) is 12.2 Å². The number of carboxylic acids is 2. The van der Waals surface area contributed by atoms with Crippen molar-refractivity contribution in [1.29, 1.82) is 0 Å². The van der Waals surface area contributed by atoms with Crippen LogP contribution in [0.15, 0.2) is 12.2 Å². The van der Waals surface area contributed by atoms with E-state index in [1.807, 2.05) is 12.2 Å². The zero-order valence-corrected chi connectivity index (χ0v) is 8.35. The number of carbonyl (C=O) groups is 2. The zero-order chi connectivity index (χ0) is 11.1. The zero-order valence-electron chi connectivity index (χ0n) is 8.35. The molecule has 0 aliphatic heterocycles. The lowest BCUT2D eigenvalue weighted by Gasteiger charge is -2.19. The van der Waals surface area contributed by atoms with Gasteiger partial charge in [0.1, 0.15) is 0 Å². The van der Waals surface area contributed by atoms with E-state index in [9.17, 15) is 9.59 Å². The Morgan fingerprint density at radius 1 is 1.00 bits per heavy atom. The van der Waals surface area contributed by atoms with E-state index in [0.717, 1.165) is 12.8 Å². The highest BCUT2D eigenvalue weighted by Crippen LogP contribution is 2.50. The quantitative estimate of drug-likeness (QED) is 0.535. The third-order valence-electron chi connectivity index (χ3n) is 3.75. The van der Waals surface area contributed by atoms with Gasteiger partial charge in [0.25, 0.3) is 0 Å². The summed E-state index contributed by atoms with van der Waals surface area (Å²) in [7, 11) is 0. The minimum Gasteiger partial charge on any atom is -0.480 e. The topological polar surface area (TPSA) is 74.6 Å². The van der Waals surface area contributed by atoms with Crippen molar-refractivity contribution in [2.24, 2.45) is 17.3 Å². The monoisotopic (exact) mass is 210 g/mol. The highest BCUT2D eigenvalue weighted by atomic mass is 16.4. The number of aliphatic carboxylic acids is 2. The summed E-state index contributed by atoms with van der Waals surface area (Å²) in [6.45, 7) is 0. The Bertz CT molecular complexity index is 299. The Balaban J connectivity index is 2.25. The molecule has 2 atom stereocenters. The Labute approximate surface area is 87.6 Å². The van der Waals surface area contributed by atoms with Gasteiger partial charge in [-0.3, -0.25) is 9.59 Å². The maximum atomic E-state index is 11.1. The number of carboxylic acid groups (broad SMARTS) is 2. The van der Waals surface area contributed by atoms with Crippen LogP contribution < -0.4 is 0 Å². The van der Waals surface area contributed by atoms with Gasteiger partial charge in [0.2, 0.25) is 0 Å². The molecule has 0 spiro atoms. The van der Waals surface area contributed by atoms with Crippen LogP contribution in [0.3, 0.4) is 0 Å². The SMILES string of the molecule is O=C(O)C1(C(=O)O)C[C@H]2CC=CC[C@H]2C1. The van der Waals surface area contributed by atoms with E-state index >= 15 is 0 Å². The molecule has 2 aliphatic carbocycles. The van der Waals surface area contributed by atoms with Gasteiger partial charge >= 0.3 is 11.9 Å². The van der Waals surface area contributed by atoms with Gasteiger partial charge in [-0.2, -0.15) is 0 Å². The van der Waals surface area contributed by atoms with Crippen LogP contribution in [0.25, 0.3) is 0 Å². The molecule has 0 amide bonds. The van der Waals surface area contributed by atoms with Gasteiger partial charge in [-0.1, -0.05) is 12.2 Å². The molecule has 0 unspecified atom stereocenters. The number of hydrogen-bond acceptors (Lipinski definition) is 2.